The smallest absolute Gasteiger partial charge is 0.216 e. The Labute approximate surface area is 123 Å². The SMILES string of the molecule is CCN(CC)c1cccc(NC=C(C#N)c2nn[nH]n2)c1. The van der Waals surface area contributed by atoms with Crippen LogP contribution >= 0.6 is 0 Å². The highest BCUT2D eigenvalue weighted by atomic mass is 15.5. The molecule has 7 heteroatoms. The van der Waals surface area contributed by atoms with Crippen molar-refractivity contribution in [3.63, 3.8) is 0 Å². The average Bonchev–Trinajstić information content (AvgIpc) is 3.04. The third kappa shape index (κ3) is 3.57. The van der Waals surface area contributed by atoms with Crippen molar-refractivity contribution in [2.24, 2.45) is 0 Å². The van der Waals surface area contributed by atoms with Crippen molar-refractivity contribution in [1.29, 1.82) is 5.26 Å². The summed E-state index contributed by atoms with van der Waals surface area (Å²) in [5, 5.41) is 25.5. The Bertz CT molecular complexity index is 636. The molecule has 0 bridgehead atoms. The summed E-state index contributed by atoms with van der Waals surface area (Å²) in [6.07, 6.45) is 1.58. The highest BCUT2D eigenvalue weighted by molar-refractivity contribution is 5.74. The quantitative estimate of drug-likeness (QED) is 0.788. The van der Waals surface area contributed by atoms with Crippen LogP contribution in [0.15, 0.2) is 30.5 Å². The lowest BCUT2D eigenvalue weighted by molar-refractivity contribution is 0.866. The summed E-state index contributed by atoms with van der Waals surface area (Å²) in [5.41, 5.74) is 2.35. The zero-order valence-electron chi connectivity index (χ0n) is 12.0. The van der Waals surface area contributed by atoms with Gasteiger partial charge in [0.05, 0.1) is 0 Å². The summed E-state index contributed by atoms with van der Waals surface area (Å²) < 4.78 is 0. The third-order valence-electron chi connectivity index (χ3n) is 3.06. The van der Waals surface area contributed by atoms with Crippen molar-refractivity contribution >= 4 is 16.9 Å². The molecule has 0 spiro atoms. The van der Waals surface area contributed by atoms with Gasteiger partial charge < -0.3 is 10.2 Å². The highest BCUT2D eigenvalue weighted by Crippen LogP contribution is 2.19. The second kappa shape index (κ2) is 7.05. The summed E-state index contributed by atoms with van der Waals surface area (Å²) in [5.74, 6) is 0.268. The van der Waals surface area contributed by atoms with Gasteiger partial charge in [0.25, 0.3) is 0 Å². The number of anilines is 2. The number of aromatic nitrogens is 4. The Morgan fingerprint density at radius 1 is 1.43 bits per heavy atom. The molecule has 2 N–H and O–H groups in total. The predicted molar refractivity (Wildman–Crippen MR) is 81.4 cm³/mol. The molecule has 0 amide bonds. The van der Waals surface area contributed by atoms with Crippen molar-refractivity contribution < 1.29 is 0 Å². The van der Waals surface area contributed by atoms with Crippen molar-refractivity contribution in [2.75, 3.05) is 23.3 Å². The van der Waals surface area contributed by atoms with Crippen LogP contribution in [0.4, 0.5) is 11.4 Å². The van der Waals surface area contributed by atoms with Gasteiger partial charge in [-0.1, -0.05) is 6.07 Å². The summed E-state index contributed by atoms with van der Waals surface area (Å²) in [6.45, 7) is 6.13. The van der Waals surface area contributed by atoms with E-state index in [2.05, 4.69) is 50.8 Å². The third-order valence-corrected chi connectivity index (χ3v) is 3.06. The molecule has 0 unspecified atom stereocenters. The first-order chi connectivity index (χ1) is 10.3. The van der Waals surface area contributed by atoms with Crippen molar-refractivity contribution in [2.45, 2.75) is 13.8 Å². The molecule has 1 aromatic carbocycles. The minimum Gasteiger partial charge on any atom is -0.372 e. The van der Waals surface area contributed by atoms with Gasteiger partial charge in [-0.25, -0.2) is 0 Å². The number of tetrazole rings is 1. The molecular formula is C14H17N7. The lowest BCUT2D eigenvalue weighted by Crippen LogP contribution is -2.21. The van der Waals surface area contributed by atoms with E-state index in [1.807, 2.05) is 24.3 Å². The first-order valence-corrected chi connectivity index (χ1v) is 6.74. The minimum absolute atomic E-state index is 0.268. The van der Waals surface area contributed by atoms with Gasteiger partial charge in [0.1, 0.15) is 11.6 Å². The van der Waals surface area contributed by atoms with Crippen molar-refractivity contribution in [1.82, 2.24) is 20.6 Å². The lowest BCUT2D eigenvalue weighted by atomic mass is 10.2. The van der Waals surface area contributed by atoms with Gasteiger partial charge in [-0.2, -0.15) is 10.5 Å². The molecule has 1 aromatic heterocycles. The molecule has 0 aliphatic rings. The van der Waals surface area contributed by atoms with Crippen molar-refractivity contribution in [3.8, 4) is 6.07 Å². The fourth-order valence-electron chi connectivity index (χ4n) is 1.96. The van der Waals surface area contributed by atoms with E-state index in [-0.39, 0.29) is 5.82 Å². The number of hydrogen-bond acceptors (Lipinski definition) is 6. The molecule has 0 fully saturated rings. The maximum Gasteiger partial charge on any atom is 0.216 e. The van der Waals surface area contributed by atoms with E-state index in [0.717, 1.165) is 24.5 Å². The maximum atomic E-state index is 9.11. The van der Waals surface area contributed by atoms with Gasteiger partial charge in [-0.15, -0.1) is 10.2 Å². The number of nitrogens with zero attached hydrogens (tertiary/aromatic N) is 5. The maximum absolute atomic E-state index is 9.11. The predicted octanol–water partition coefficient (Wildman–Crippen LogP) is 2.02. The highest BCUT2D eigenvalue weighted by Gasteiger charge is 2.06. The number of hydrogen-bond donors (Lipinski definition) is 2. The topological polar surface area (TPSA) is 93.5 Å². The molecule has 0 saturated heterocycles. The number of allylic oxidation sites excluding steroid dienone is 1. The van der Waals surface area contributed by atoms with Gasteiger partial charge in [0, 0.05) is 30.7 Å². The Hall–Kier alpha value is -2.88. The molecule has 0 radical (unpaired) electrons. The molecule has 2 rings (SSSR count). The fraction of sp³-hybridized carbons (Fsp3) is 0.286. The number of H-pyrrole nitrogens is 1. The van der Waals surface area contributed by atoms with E-state index in [1.165, 1.54) is 0 Å². The Kier molecular flexibility index (Phi) is 4.88. The number of rotatable bonds is 6. The van der Waals surface area contributed by atoms with Gasteiger partial charge in [0.15, 0.2) is 0 Å². The molecule has 1 heterocycles. The number of aromatic amines is 1. The van der Waals surface area contributed by atoms with E-state index in [4.69, 9.17) is 5.26 Å². The Morgan fingerprint density at radius 3 is 2.86 bits per heavy atom. The molecule has 7 nitrogen and oxygen atoms in total. The van der Waals surface area contributed by atoms with Crippen LogP contribution < -0.4 is 10.2 Å². The number of nitrogens with one attached hydrogen (secondary N) is 2. The largest absolute Gasteiger partial charge is 0.372 e. The number of nitriles is 1. The van der Waals surface area contributed by atoms with Crippen molar-refractivity contribution in [3.05, 3.63) is 36.3 Å². The Balaban J connectivity index is 2.17. The number of benzene rings is 1. The molecule has 2 aromatic rings. The second-order valence-electron chi connectivity index (χ2n) is 4.27. The molecule has 0 aliphatic heterocycles. The lowest BCUT2D eigenvalue weighted by Gasteiger charge is -2.21. The normalized spacial score (nSPS) is 11.0. The van der Waals surface area contributed by atoms with Crippen LogP contribution in [0.1, 0.15) is 19.7 Å². The summed E-state index contributed by atoms with van der Waals surface area (Å²) in [7, 11) is 0. The molecule has 0 atom stereocenters. The summed E-state index contributed by atoms with van der Waals surface area (Å²) in [6, 6.07) is 10.1. The van der Waals surface area contributed by atoms with E-state index in [0.29, 0.717) is 5.57 Å². The van der Waals surface area contributed by atoms with Gasteiger partial charge in [-0.3, -0.25) is 0 Å². The second-order valence-corrected chi connectivity index (χ2v) is 4.27. The van der Waals surface area contributed by atoms with E-state index in [9.17, 15) is 0 Å². The monoisotopic (exact) mass is 283 g/mol. The minimum atomic E-state index is 0.268. The standard InChI is InChI=1S/C14H17N7/c1-3-21(4-2)13-7-5-6-12(8-13)16-10-11(9-15)14-17-19-20-18-14/h5-8,10,16H,3-4H2,1-2H3,(H,17,18,19,20). The van der Waals surface area contributed by atoms with E-state index >= 15 is 0 Å². The zero-order chi connectivity index (χ0) is 15.1. The van der Waals surface area contributed by atoms with Crippen LogP contribution in [0.2, 0.25) is 0 Å². The van der Waals surface area contributed by atoms with Gasteiger partial charge in [0.2, 0.25) is 5.82 Å². The molecular weight excluding hydrogens is 266 g/mol. The molecule has 0 aliphatic carbocycles. The first-order valence-electron chi connectivity index (χ1n) is 6.74. The van der Waals surface area contributed by atoms with E-state index in [1.54, 1.807) is 6.20 Å². The van der Waals surface area contributed by atoms with E-state index < -0.39 is 0 Å². The van der Waals surface area contributed by atoms with Gasteiger partial charge in [-0.05, 0) is 37.3 Å². The van der Waals surface area contributed by atoms with Crippen LogP contribution in [0.3, 0.4) is 0 Å². The molecule has 0 saturated carbocycles. The van der Waals surface area contributed by atoms with Crippen LogP contribution in [-0.2, 0) is 0 Å². The fourth-order valence-corrected chi connectivity index (χ4v) is 1.96. The average molecular weight is 283 g/mol. The molecule has 21 heavy (non-hydrogen) atoms. The molecule has 108 valence electrons. The van der Waals surface area contributed by atoms with Crippen LogP contribution in [-0.4, -0.2) is 33.7 Å². The first kappa shape index (κ1) is 14.5. The van der Waals surface area contributed by atoms with Crippen LogP contribution in [0, 0.1) is 11.3 Å². The van der Waals surface area contributed by atoms with Gasteiger partial charge >= 0.3 is 0 Å². The summed E-state index contributed by atoms with van der Waals surface area (Å²) in [4.78, 5) is 2.25. The Morgan fingerprint density at radius 2 is 2.24 bits per heavy atom. The summed E-state index contributed by atoms with van der Waals surface area (Å²) >= 11 is 0. The zero-order valence-corrected chi connectivity index (χ0v) is 12.0. The van der Waals surface area contributed by atoms with Crippen LogP contribution in [0.25, 0.3) is 5.57 Å². The van der Waals surface area contributed by atoms with Crippen LogP contribution in [0.5, 0.6) is 0 Å².